The van der Waals surface area contributed by atoms with E-state index < -0.39 is 24.4 Å². The summed E-state index contributed by atoms with van der Waals surface area (Å²) in [4.78, 5) is 0.267. The van der Waals surface area contributed by atoms with Crippen molar-refractivity contribution in [3.05, 3.63) is 102 Å². The molecular weight excluding hydrogens is 410 g/mol. The minimum Gasteiger partial charge on any atom is -0.544 e. The molecule has 3 aromatic carbocycles. The molecule has 0 N–H and O–H groups in total. The zero-order chi connectivity index (χ0) is 21.4. The second-order valence-corrected chi connectivity index (χ2v) is 14.5. The van der Waals surface area contributed by atoms with Crippen LogP contribution in [0.4, 0.5) is 5.69 Å². The largest absolute Gasteiger partial charge is 0.544 e. The number of benzene rings is 3. The number of nitrogens with zero attached hydrogens (tertiary/aromatic N) is 1. The Hall–Kier alpha value is -2.83. The highest BCUT2D eigenvalue weighted by Gasteiger charge is 2.38. The Labute approximate surface area is 179 Å². The van der Waals surface area contributed by atoms with Gasteiger partial charge in [-0.3, -0.25) is 4.31 Å². The van der Waals surface area contributed by atoms with E-state index in [1.807, 2.05) is 66.7 Å². The van der Waals surface area contributed by atoms with Crippen molar-refractivity contribution in [3.63, 3.8) is 0 Å². The molecule has 0 fully saturated rings. The fraction of sp³-hybridized carbons (Fsp3) is 0.167. The van der Waals surface area contributed by atoms with E-state index in [9.17, 15) is 8.42 Å². The topological polar surface area (TPSA) is 46.6 Å². The predicted molar refractivity (Wildman–Crippen MR) is 124 cm³/mol. The van der Waals surface area contributed by atoms with Gasteiger partial charge in [0.1, 0.15) is 5.76 Å². The molecule has 0 bridgehead atoms. The summed E-state index contributed by atoms with van der Waals surface area (Å²) in [6.45, 7) is 6.38. The summed E-state index contributed by atoms with van der Waals surface area (Å²) in [6, 6.07) is 25.3. The Morgan fingerprint density at radius 2 is 1.37 bits per heavy atom. The minimum atomic E-state index is -3.80. The summed E-state index contributed by atoms with van der Waals surface area (Å²) in [7, 11) is -5.71. The van der Waals surface area contributed by atoms with Gasteiger partial charge >= 0.3 is 0 Å². The Morgan fingerprint density at radius 3 is 2.00 bits per heavy atom. The van der Waals surface area contributed by atoms with Crippen LogP contribution in [0.15, 0.2) is 95.9 Å². The van der Waals surface area contributed by atoms with E-state index in [-0.39, 0.29) is 4.90 Å². The summed E-state index contributed by atoms with van der Waals surface area (Å²) in [5.74, 6) is 0.748. The van der Waals surface area contributed by atoms with E-state index in [4.69, 9.17) is 4.43 Å². The van der Waals surface area contributed by atoms with Crippen LogP contribution in [0.2, 0.25) is 19.6 Å². The van der Waals surface area contributed by atoms with E-state index in [2.05, 4.69) is 19.6 Å². The lowest BCUT2D eigenvalue weighted by molar-refractivity contribution is 0.507. The van der Waals surface area contributed by atoms with E-state index in [1.54, 1.807) is 24.3 Å². The highest BCUT2D eigenvalue weighted by Crippen LogP contribution is 2.44. The number of anilines is 1. The molecule has 154 valence electrons. The van der Waals surface area contributed by atoms with Crippen LogP contribution in [0.5, 0.6) is 0 Å². The quantitative estimate of drug-likeness (QED) is 0.474. The maximum absolute atomic E-state index is 13.8. The second-order valence-electron chi connectivity index (χ2n) is 8.23. The van der Waals surface area contributed by atoms with Crippen LogP contribution >= 0.6 is 0 Å². The predicted octanol–water partition coefficient (Wildman–Crippen LogP) is 5.83. The minimum absolute atomic E-state index is 0.267. The molecule has 1 aliphatic heterocycles. The molecular formula is C24H25NO3SSi. The smallest absolute Gasteiger partial charge is 0.265 e. The molecule has 1 aliphatic rings. The molecule has 3 aromatic rings. The molecule has 0 saturated heterocycles. The summed E-state index contributed by atoms with van der Waals surface area (Å²) in [5.41, 5.74) is 2.32. The zero-order valence-corrected chi connectivity index (χ0v) is 19.1. The van der Waals surface area contributed by atoms with Crippen LogP contribution in [-0.2, 0) is 14.4 Å². The molecule has 1 heterocycles. The standard InChI is InChI=1S/C24H25NO3SSi/c1-30(2,3)28-24-18-23(19-12-6-4-7-13-19)25(22-17-11-10-16-21(22)24)29(26,27)20-14-8-5-9-15-20/h4-18,23H,1-3H3. The first-order valence-corrected chi connectivity index (χ1v) is 14.8. The highest BCUT2D eigenvalue weighted by atomic mass is 32.2. The number of sulfonamides is 1. The van der Waals surface area contributed by atoms with E-state index in [0.717, 1.165) is 16.9 Å². The van der Waals surface area contributed by atoms with Crippen molar-refractivity contribution in [2.24, 2.45) is 0 Å². The molecule has 1 unspecified atom stereocenters. The summed E-state index contributed by atoms with van der Waals surface area (Å²) >= 11 is 0. The van der Waals surface area contributed by atoms with Crippen LogP contribution < -0.4 is 4.31 Å². The monoisotopic (exact) mass is 435 g/mol. The average molecular weight is 436 g/mol. The first kappa shape index (κ1) is 20.4. The van der Waals surface area contributed by atoms with Gasteiger partial charge in [0.05, 0.1) is 16.6 Å². The van der Waals surface area contributed by atoms with Gasteiger partial charge in [0.2, 0.25) is 8.32 Å². The SMILES string of the molecule is C[Si](C)(C)OC1=CC(c2ccccc2)N(S(=O)(=O)c2ccccc2)c2ccccc21. The van der Waals surface area contributed by atoms with Gasteiger partial charge in [0.15, 0.2) is 0 Å². The second kappa shape index (κ2) is 7.78. The lowest BCUT2D eigenvalue weighted by Gasteiger charge is -2.38. The molecule has 1 atom stereocenters. The molecule has 0 amide bonds. The van der Waals surface area contributed by atoms with Gasteiger partial charge in [-0.25, -0.2) is 8.42 Å². The molecule has 6 heteroatoms. The molecule has 0 aromatic heterocycles. The van der Waals surface area contributed by atoms with Gasteiger partial charge in [0, 0.05) is 5.56 Å². The first-order chi connectivity index (χ1) is 14.3. The van der Waals surface area contributed by atoms with Gasteiger partial charge in [-0.15, -0.1) is 0 Å². The van der Waals surface area contributed by atoms with Crippen molar-refractivity contribution < 1.29 is 12.8 Å². The third kappa shape index (κ3) is 3.93. The van der Waals surface area contributed by atoms with E-state index >= 15 is 0 Å². The normalized spacial score (nSPS) is 16.6. The third-order valence-electron chi connectivity index (χ3n) is 4.83. The average Bonchev–Trinajstić information content (AvgIpc) is 2.73. The lowest BCUT2D eigenvalue weighted by atomic mass is 9.98. The van der Waals surface area contributed by atoms with Crippen molar-refractivity contribution in [2.75, 3.05) is 4.31 Å². The fourth-order valence-corrected chi connectivity index (χ4v) is 6.08. The van der Waals surface area contributed by atoms with Gasteiger partial charge in [-0.2, -0.15) is 0 Å². The van der Waals surface area contributed by atoms with Crippen LogP contribution in [0.1, 0.15) is 17.2 Å². The molecule has 0 saturated carbocycles. The number of fused-ring (bicyclic) bond motifs is 1. The molecule has 0 radical (unpaired) electrons. The lowest BCUT2D eigenvalue weighted by Crippen LogP contribution is -2.38. The van der Waals surface area contributed by atoms with Gasteiger partial charge < -0.3 is 4.43 Å². The number of rotatable bonds is 5. The highest BCUT2D eigenvalue weighted by molar-refractivity contribution is 7.92. The first-order valence-electron chi connectivity index (χ1n) is 9.92. The van der Waals surface area contributed by atoms with Crippen LogP contribution in [0, 0.1) is 0 Å². The number of hydrogen-bond donors (Lipinski definition) is 0. The van der Waals surface area contributed by atoms with Crippen LogP contribution in [-0.4, -0.2) is 16.7 Å². The third-order valence-corrected chi connectivity index (χ3v) is 7.47. The Kier molecular flexibility index (Phi) is 5.30. The molecule has 0 aliphatic carbocycles. The van der Waals surface area contributed by atoms with Crippen molar-refractivity contribution >= 4 is 29.8 Å². The Balaban J connectivity index is 1.96. The maximum atomic E-state index is 13.8. The summed E-state index contributed by atoms with van der Waals surface area (Å²) in [6.07, 6.45) is 1.94. The van der Waals surface area contributed by atoms with Gasteiger partial charge in [-0.05, 0) is 55.5 Å². The van der Waals surface area contributed by atoms with E-state index in [1.165, 1.54) is 4.31 Å². The van der Waals surface area contributed by atoms with Crippen LogP contribution in [0.25, 0.3) is 5.76 Å². The molecule has 4 nitrogen and oxygen atoms in total. The number of para-hydroxylation sites is 1. The molecule has 4 rings (SSSR count). The van der Waals surface area contributed by atoms with Crippen molar-refractivity contribution in [3.8, 4) is 0 Å². The zero-order valence-electron chi connectivity index (χ0n) is 17.3. The fourth-order valence-electron chi connectivity index (χ4n) is 3.61. The molecule has 30 heavy (non-hydrogen) atoms. The Morgan fingerprint density at radius 1 is 0.800 bits per heavy atom. The van der Waals surface area contributed by atoms with Crippen molar-refractivity contribution in [1.82, 2.24) is 0 Å². The summed E-state index contributed by atoms with van der Waals surface area (Å²) in [5, 5.41) is 0. The van der Waals surface area contributed by atoms with Crippen molar-refractivity contribution in [1.29, 1.82) is 0 Å². The van der Waals surface area contributed by atoms with E-state index in [0.29, 0.717) is 5.69 Å². The Bertz CT molecular complexity index is 1170. The van der Waals surface area contributed by atoms with Crippen molar-refractivity contribution in [2.45, 2.75) is 30.6 Å². The van der Waals surface area contributed by atoms with Gasteiger partial charge in [-0.1, -0.05) is 60.7 Å². The number of hydrogen-bond acceptors (Lipinski definition) is 3. The maximum Gasteiger partial charge on any atom is 0.265 e. The van der Waals surface area contributed by atoms with Crippen LogP contribution in [0.3, 0.4) is 0 Å². The molecule has 0 spiro atoms. The summed E-state index contributed by atoms with van der Waals surface area (Å²) < 4.78 is 35.5. The van der Waals surface area contributed by atoms with Gasteiger partial charge in [0.25, 0.3) is 10.0 Å².